The highest BCUT2D eigenvalue weighted by Gasteiger charge is 2.49. The van der Waals surface area contributed by atoms with Crippen LogP contribution < -0.4 is 5.32 Å². The molecule has 1 N–H and O–H groups in total. The van der Waals surface area contributed by atoms with E-state index in [1.54, 1.807) is 19.1 Å². The largest absolute Gasteiger partial charge is 0.326 e. The zero-order valence-electron chi connectivity index (χ0n) is 12.0. The van der Waals surface area contributed by atoms with Crippen LogP contribution in [0.15, 0.2) is 24.3 Å². The third kappa shape index (κ3) is 4.20. The molecule has 0 aromatic heterocycles. The molecule has 1 unspecified atom stereocenters. The fraction of sp³-hybridized carbons (Fsp3) is 0.600. The van der Waals surface area contributed by atoms with Gasteiger partial charge in [0.2, 0.25) is 0 Å². The predicted molar refractivity (Wildman–Crippen MR) is 72.4 cm³/mol. The molecule has 0 saturated heterocycles. The highest BCUT2D eigenvalue weighted by atomic mass is 19.3. The fourth-order valence-corrected chi connectivity index (χ4v) is 2.12. The van der Waals surface area contributed by atoms with Crippen LogP contribution in [0.5, 0.6) is 0 Å². The van der Waals surface area contributed by atoms with Crippen LogP contribution in [0.25, 0.3) is 0 Å². The molecule has 1 aromatic carbocycles. The first-order valence-electron chi connectivity index (χ1n) is 6.77. The van der Waals surface area contributed by atoms with E-state index in [1.807, 2.05) is 0 Å². The molecule has 0 aliphatic heterocycles. The first-order valence-corrected chi connectivity index (χ1v) is 6.77. The van der Waals surface area contributed by atoms with Gasteiger partial charge in [-0.25, -0.2) is 8.78 Å². The van der Waals surface area contributed by atoms with E-state index in [0.29, 0.717) is 5.92 Å². The van der Waals surface area contributed by atoms with Crippen molar-refractivity contribution >= 4 is 0 Å². The van der Waals surface area contributed by atoms with Crippen molar-refractivity contribution in [3.63, 3.8) is 0 Å². The van der Waals surface area contributed by atoms with Gasteiger partial charge in [0.15, 0.2) is 0 Å². The van der Waals surface area contributed by atoms with Crippen LogP contribution in [0.3, 0.4) is 0 Å². The van der Waals surface area contributed by atoms with Crippen molar-refractivity contribution in [1.82, 2.24) is 5.32 Å². The van der Waals surface area contributed by atoms with Crippen LogP contribution in [0.2, 0.25) is 0 Å². The Hall–Kier alpha value is -1.10. The lowest BCUT2D eigenvalue weighted by molar-refractivity contribution is -0.151. The first kappa shape index (κ1) is 17.0. The molecule has 1 nitrogen and oxygen atoms in total. The zero-order valence-corrected chi connectivity index (χ0v) is 12.0. The Morgan fingerprint density at radius 3 is 2.05 bits per heavy atom. The van der Waals surface area contributed by atoms with E-state index in [4.69, 9.17) is 0 Å². The normalized spacial score (nSPS) is 14.1. The summed E-state index contributed by atoms with van der Waals surface area (Å²) in [7, 11) is 0. The maximum atomic E-state index is 13.6. The highest BCUT2D eigenvalue weighted by Crippen LogP contribution is 2.36. The molecule has 1 rings (SSSR count). The minimum atomic E-state index is -4.09. The Morgan fingerprint density at radius 1 is 1.10 bits per heavy atom. The molecule has 20 heavy (non-hydrogen) atoms. The molecule has 0 fully saturated rings. The van der Waals surface area contributed by atoms with E-state index in [-0.39, 0.29) is 12.1 Å². The highest BCUT2D eigenvalue weighted by molar-refractivity contribution is 5.27. The van der Waals surface area contributed by atoms with Crippen LogP contribution in [0.1, 0.15) is 37.9 Å². The molecule has 0 radical (unpaired) electrons. The van der Waals surface area contributed by atoms with Gasteiger partial charge in [-0.3, -0.25) is 0 Å². The monoisotopic (exact) mass is 291 g/mol. The standard InChI is InChI=1S/C15H21F4N/c1-4-20-13(15(18,19)14(16)17)12-7-5-11(6-8-12)9-10(2)3/h5-8,10,13-14,20H,4,9H2,1-3H3. The summed E-state index contributed by atoms with van der Waals surface area (Å²) in [5.74, 6) is -3.64. The molecule has 0 heterocycles. The lowest BCUT2D eigenvalue weighted by Crippen LogP contribution is -2.42. The fourth-order valence-electron chi connectivity index (χ4n) is 2.12. The molecule has 0 aliphatic carbocycles. The van der Waals surface area contributed by atoms with Crippen LogP contribution >= 0.6 is 0 Å². The van der Waals surface area contributed by atoms with E-state index in [1.165, 1.54) is 12.1 Å². The summed E-state index contributed by atoms with van der Waals surface area (Å²) >= 11 is 0. The SMILES string of the molecule is CCNC(c1ccc(CC(C)C)cc1)C(F)(F)C(F)F. The van der Waals surface area contributed by atoms with Gasteiger partial charge in [-0.2, -0.15) is 8.78 Å². The van der Waals surface area contributed by atoms with Gasteiger partial charge in [0.25, 0.3) is 0 Å². The molecule has 0 bridgehead atoms. The molecule has 0 aliphatic rings. The second-order valence-corrected chi connectivity index (χ2v) is 5.31. The summed E-state index contributed by atoms with van der Waals surface area (Å²) < 4.78 is 52.2. The van der Waals surface area contributed by atoms with Crippen molar-refractivity contribution in [2.75, 3.05) is 6.54 Å². The van der Waals surface area contributed by atoms with Crippen molar-refractivity contribution in [3.05, 3.63) is 35.4 Å². The minimum absolute atomic E-state index is 0.185. The van der Waals surface area contributed by atoms with Crippen LogP contribution in [0.4, 0.5) is 17.6 Å². The Morgan fingerprint density at radius 2 is 1.65 bits per heavy atom. The smallest absolute Gasteiger partial charge is 0.305 e. The van der Waals surface area contributed by atoms with Gasteiger partial charge in [-0.05, 0) is 30.0 Å². The average Bonchev–Trinajstić information content (AvgIpc) is 2.36. The van der Waals surface area contributed by atoms with Gasteiger partial charge in [0.05, 0.1) is 0 Å². The van der Waals surface area contributed by atoms with E-state index in [0.717, 1.165) is 12.0 Å². The van der Waals surface area contributed by atoms with Gasteiger partial charge < -0.3 is 5.32 Å². The number of alkyl halides is 4. The van der Waals surface area contributed by atoms with Gasteiger partial charge in [-0.1, -0.05) is 45.0 Å². The Bertz CT molecular complexity index is 401. The summed E-state index contributed by atoms with van der Waals surface area (Å²) in [5, 5.41) is 2.45. The van der Waals surface area contributed by atoms with Gasteiger partial charge in [0.1, 0.15) is 6.04 Å². The summed E-state index contributed by atoms with van der Waals surface area (Å²) in [6, 6.07) is 4.78. The molecule has 0 amide bonds. The average molecular weight is 291 g/mol. The minimum Gasteiger partial charge on any atom is -0.305 e. The molecule has 5 heteroatoms. The summed E-state index contributed by atoms with van der Waals surface area (Å²) in [6.07, 6.45) is -2.86. The molecule has 1 atom stereocenters. The number of nitrogens with one attached hydrogen (secondary N) is 1. The van der Waals surface area contributed by atoms with E-state index in [9.17, 15) is 17.6 Å². The van der Waals surface area contributed by atoms with E-state index >= 15 is 0 Å². The summed E-state index contributed by atoms with van der Waals surface area (Å²) in [4.78, 5) is 0. The molecule has 0 saturated carbocycles. The van der Waals surface area contributed by atoms with Crippen molar-refractivity contribution in [3.8, 4) is 0 Å². The quantitative estimate of drug-likeness (QED) is 0.732. The number of hydrogen-bond acceptors (Lipinski definition) is 1. The lowest BCUT2D eigenvalue weighted by Gasteiger charge is -2.27. The second-order valence-electron chi connectivity index (χ2n) is 5.31. The summed E-state index contributed by atoms with van der Waals surface area (Å²) in [5.41, 5.74) is 1.20. The molecule has 0 spiro atoms. The lowest BCUT2D eigenvalue weighted by atomic mass is 9.96. The van der Waals surface area contributed by atoms with Crippen LogP contribution in [0, 0.1) is 5.92 Å². The van der Waals surface area contributed by atoms with Crippen molar-refractivity contribution in [2.24, 2.45) is 5.92 Å². The Balaban J connectivity index is 2.98. The Labute approximate surface area is 117 Å². The third-order valence-corrected chi connectivity index (χ3v) is 3.04. The molecule has 114 valence electrons. The first-order chi connectivity index (χ1) is 9.28. The van der Waals surface area contributed by atoms with Gasteiger partial charge in [-0.15, -0.1) is 0 Å². The number of halogens is 4. The second kappa shape index (κ2) is 7.07. The third-order valence-electron chi connectivity index (χ3n) is 3.04. The van der Waals surface area contributed by atoms with Crippen molar-refractivity contribution in [1.29, 1.82) is 0 Å². The molecular formula is C15H21F4N. The summed E-state index contributed by atoms with van der Waals surface area (Å²) in [6.45, 7) is 5.92. The van der Waals surface area contributed by atoms with Crippen molar-refractivity contribution < 1.29 is 17.6 Å². The van der Waals surface area contributed by atoms with E-state index in [2.05, 4.69) is 19.2 Å². The van der Waals surface area contributed by atoms with Gasteiger partial charge >= 0.3 is 12.3 Å². The van der Waals surface area contributed by atoms with E-state index < -0.39 is 18.4 Å². The van der Waals surface area contributed by atoms with Crippen LogP contribution in [-0.2, 0) is 6.42 Å². The van der Waals surface area contributed by atoms with Crippen LogP contribution in [-0.4, -0.2) is 18.9 Å². The number of rotatable bonds is 7. The van der Waals surface area contributed by atoms with Gasteiger partial charge in [0, 0.05) is 0 Å². The Kier molecular flexibility index (Phi) is 5.99. The predicted octanol–water partition coefficient (Wildman–Crippen LogP) is 4.44. The number of benzene rings is 1. The maximum absolute atomic E-state index is 13.6. The topological polar surface area (TPSA) is 12.0 Å². The number of hydrogen-bond donors (Lipinski definition) is 1. The van der Waals surface area contributed by atoms with Crippen molar-refractivity contribution in [2.45, 2.75) is 45.6 Å². The molecule has 1 aromatic rings. The zero-order chi connectivity index (χ0) is 15.3. The molecular weight excluding hydrogens is 270 g/mol. The maximum Gasteiger partial charge on any atom is 0.326 e.